The first-order valence-electron chi connectivity index (χ1n) is 9.61. The van der Waals surface area contributed by atoms with E-state index in [2.05, 4.69) is 24.3 Å². The molecular weight excluding hydrogens is 344 g/mol. The van der Waals surface area contributed by atoms with Crippen molar-refractivity contribution in [2.45, 2.75) is 32.9 Å². The highest BCUT2D eigenvalue weighted by Crippen LogP contribution is 2.12. The van der Waals surface area contributed by atoms with E-state index in [0.717, 1.165) is 11.3 Å². The summed E-state index contributed by atoms with van der Waals surface area (Å²) >= 11 is 0. The van der Waals surface area contributed by atoms with Crippen LogP contribution in [0.3, 0.4) is 0 Å². The zero-order valence-corrected chi connectivity index (χ0v) is 16.3. The van der Waals surface area contributed by atoms with E-state index in [1.807, 2.05) is 78.7 Å². The van der Waals surface area contributed by atoms with Crippen LogP contribution >= 0.6 is 0 Å². The maximum atomic E-state index is 12.4. The Morgan fingerprint density at radius 2 is 1.14 bits per heavy atom. The van der Waals surface area contributed by atoms with Crippen LogP contribution in [0.5, 0.6) is 0 Å². The average molecular weight is 370 g/mol. The molecule has 0 fully saturated rings. The summed E-state index contributed by atoms with van der Waals surface area (Å²) in [6, 6.07) is 30.5. The molecule has 3 aromatic carbocycles. The number of ketones is 1. The van der Waals surface area contributed by atoms with E-state index in [0.29, 0.717) is 25.9 Å². The van der Waals surface area contributed by atoms with E-state index in [-0.39, 0.29) is 5.78 Å². The molecule has 3 nitrogen and oxygen atoms in total. The van der Waals surface area contributed by atoms with Gasteiger partial charge in [-0.15, -0.1) is 0 Å². The lowest BCUT2D eigenvalue weighted by molar-refractivity contribution is -0.117. The molecule has 0 spiro atoms. The SMILES string of the molecule is C/C(CC(=O)Cc1ccccc1)=N\N(Cc1ccccc1)Cc1ccccc1. The Morgan fingerprint density at radius 3 is 1.61 bits per heavy atom. The maximum Gasteiger partial charge on any atom is 0.142 e. The summed E-state index contributed by atoms with van der Waals surface area (Å²) in [6.07, 6.45) is 0.819. The molecule has 0 aromatic heterocycles. The first-order valence-corrected chi connectivity index (χ1v) is 9.61. The van der Waals surface area contributed by atoms with Gasteiger partial charge >= 0.3 is 0 Å². The van der Waals surface area contributed by atoms with Crippen LogP contribution in [0.25, 0.3) is 0 Å². The fourth-order valence-corrected chi connectivity index (χ4v) is 3.16. The third kappa shape index (κ3) is 6.51. The highest BCUT2D eigenvalue weighted by molar-refractivity contribution is 6.01. The molecule has 3 heteroatoms. The van der Waals surface area contributed by atoms with Crippen molar-refractivity contribution in [3.05, 3.63) is 108 Å². The number of benzene rings is 3. The molecule has 0 amide bonds. The third-order valence-electron chi connectivity index (χ3n) is 4.43. The van der Waals surface area contributed by atoms with Crippen LogP contribution in [0.2, 0.25) is 0 Å². The molecule has 0 N–H and O–H groups in total. The van der Waals surface area contributed by atoms with Crippen LogP contribution in [-0.2, 0) is 24.3 Å². The molecular formula is C25H26N2O. The highest BCUT2D eigenvalue weighted by Gasteiger charge is 2.09. The van der Waals surface area contributed by atoms with Crippen LogP contribution < -0.4 is 0 Å². The summed E-state index contributed by atoms with van der Waals surface area (Å²) in [7, 11) is 0. The standard InChI is InChI=1S/C25H26N2O/c1-21(17-25(28)18-22-11-5-2-6-12-22)26-27(19-23-13-7-3-8-14-23)20-24-15-9-4-10-16-24/h2-16H,17-20H2,1H3/b26-21+. The first kappa shape index (κ1) is 19.6. The molecule has 3 aromatic rings. The molecule has 0 bridgehead atoms. The Morgan fingerprint density at radius 1 is 0.714 bits per heavy atom. The van der Waals surface area contributed by atoms with Gasteiger partial charge in [0.2, 0.25) is 0 Å². The second-order valence-electron chi connectivity index (χ2n) is 7.01. The Bertz CT molecular complexity index is 848. The Kier molecular flexibility index (Phi) is 7.14. The molecule has 0 aliphatic carbocycles. The summed E-state index contributed by atoms with van der Waals surface area (Å²) in [5.74, 6) is 0.187. The van der Waals surface area contributed by atoms with Gasteiger partial charge in [0, 0.05) is 18.6 Å². The van der Waals surface area contributed by atoms with Crippen molar-refractivity contribution in [3.8, 4) is 0 Å². The summed E-state index contributed by atoms with van der Waals surface area (Å²) in [5.41, 5.74) is 4.29. The van der Waals surface area contributed by atoms with E-state index in [4.69, 9.17) is 5.10 Å². The third-order valence-corrected chi connectivity index (χ3v) is 4.43. The summed E-state index contributed by atoms with van der Waals surface area (Å²) in [4.78, 5) is 12.4. The minimum absolute atomic E-state index is 0.187. The number of nitrogens with zero attached hydrogens (tertiary/aromatic N) is 2. The van der Waals surface area contributed by atoms with Crippen LogP contribution in [0.1, 0.15) is 30.0 Å². The van der Waals surface area contributed by atoms with E-state index >= 15 is 0 Å². The van der Waals surface area contributed by atoms with Gasteiger partial charge in [-0.1, -0.05) is 91.0 Å². The first-order chi connectivity index (χ1) is 13.7. The Balaban J connectivity index is 1.68. The minimum Gasteiger partial charge on any atom is -0.299 e. The van der Waals surface area contributed by atoms with Gasteiger partial charge in [0.15, 0.2) is 0 Å². The predicted octanol–water partition coefficient (Wildman–Crippen LogP) is 5.27. The molecule has 0 aliphatic rings. The fourth-order valence-electron chi connectivity index (χ4n) is 3.16. The molecule has 0 unspecified atom stereocenters. The van der Waals surface area contributed by atoms with E-state index in [1.165, 1.54) is 11.1 Å². The lowest BCUT2D eigenvalue weighted by atomic mass is 10.1. The van der Waals surface area contributed by atoms with Gasteiger partial charge in [-0.25, -0.2) is 0 Å². The molecule has 0 radical (unpaired) electrons. The van der Waals surface area contributed by atoms with E-state index in [9.17, 15) is 4.79 Å². The molecule has 0 atom stereocenters. The van der Waals surface area contributed by atoms with E-state index < -0.39 is 0 Å². The number of carbonyl (C=O) groups excluding carboxylic acids is 1. The highest BCUT2D eigenvalue weighted by atomic mass is 16.1. The van der Waals surface area contributed by atoms with Crippen molar-refractivity contribution in [3.63, 3.8) is 0 Å². The van der Waals surface area contributed by atoms with Gasteiger partial charge in [-0.2, -0.15) is 5.10 Å². The molecule has 0 saturated carbocycles. The van der Waals surface area contributed by atoms with Gasteiger partial charge in [-0.3, -0.25) is 9.80 Å². The number of carbonyl (C=O) groups is 1. The zero-order chi connectivity index (χ0) is 19.6. The van der Waals surface area contributed by atoms with Crippen molar-refractivity contribution in [2.24, 2.45) is 5.10 Å². The van der Waals surface area contributed by atoms with Crippen molar-refractivity contribution in [2.75, 3.05) is 0 Å². The van der Waals surface area contributed by atoms with Crippen LogP contribution in [0.4, 0.5) is 0 Å². The summed E-state index contributed by atoms with van der Waals surface area (Å²) in [5, 5.41) is 6.82. The molecule has 0 heterocycles. The lowest BCUT2D eigenvalue weighted by Gasteiger charge is -2.21. The second-order valence-corrected chi connectivity index (χ2v) is 7.01. The largest absolute Gasteiger partial charge is 0.299 e. The van der Waals surface area contributed by atoms with Crippen LogP contribution in [0.15, 0.2) is 96.1 Å². The average Bonchev–Trinajstić information content (AvgIpc) is 2.70. The monoisotopic (exact) mass is 370 g/mol. The molecule has 0 saturated heterocycles. The van der Waals surface area contributed by atoms with Gasteiger partial charge in [-0.05, 0) is 23.6 Å². The quantitative estimate of drug-likeness (QED) is 0.380. The Labute approximate surface area is 167 Å². The van der Waals surface area contributed by atoms with Gasteiger partial charge in [0.25, 0.3) is 0 Å². The maximum absolute atomic E-state index is 12.4. The number of Topliss-reactive ketones (excluding diaryl/α,β-unsaturated/α-hetero) is 1. The molecule has 142 valence electrons. The molecule has 3 rings (SSSR count). The Hall–Kier alpha value is -3.20. The minimum atomic E-state index is 0.187. The van der Waals surface area contributed by atoms with Crippen LogP contribution in [-0.4, -0.2) is 16.5 Å². The van der Waals surface area contributed by atoms with Crippen molar-refractivity contribution < 1.29 is 4.79 Å². The van der Waals surface area contributed by atoms with Crippen molar-refractivity contribution >= 4 is 11.5 Å². The van der Waals surface area contributed by atoms with Gasteiger partial charge < -0.3 is 0 Å². The van der Waals surface area contributed by atoms with Gasteiger partial charge in [0.1, 0.15) is 5.78 Å². The predicted molar refractivity (Wildman–Crippen MR) is 115 cm³/mol. The number of hydrogen-bond acceptors (Lipinski definition) is 3. The van der Waals surface area contributed by atoms with Crippen LogP contribution in [0, 0.1) is 0 Å². The molecule has 0 aliphatic heterocycles. The molecule has 28 heavy (non-hydrogen) atoms. The van der Waals surface area contributed by atoms with Gasteiger partial charge in [0.05, 0.1) is 13.1 Å². The van der Waals surface area contributed by atoms with E-state index in [1.54, 1.807) is 0 Å². The van der Waals surface area contributed by atoms with Crippen molar-refractivity contribution in [1.29, 1.82) is 0 Å². The summed E-state index contributed by atoms with van der Waals surface area (Å²) < 4.78 is 0. The topological polar surface area (TPSA) is 32.7 Å². The lowest BCUT2D eigenvalue weighted by Crippen LogP contribution is -2.20. The number of rotatable bonds is 9. The summed E-state index contributed by atoms with van der Waals surface area (Å²) in [6.45, 7) is 3.35. The van der Waals surface area contributed by atoms with Crippen molar-refractivity contribution in [1.82, 2.24) is 5.01 Å². The fraction of sp³-hybridized carbons (Fsp3) is 0.200. The smallest absolute Gasteiger partial charge is 0.142 e. The number of hydrogen-bond donors (Lipinski definition) is 0. The normalized spacial score (nSPS) is 11.2. The zero-order valence-electron chi connectivity index (χ0n) is 16.3. The number of hydrazone groups is 1. The second kappa shape index (κ2) is 10.2.